The topological polar surface area (TPSA) is 57.9 Å². The molecule has 1 heterocycles. The molecule has 0 saturated carbocycles. The van der Waals surface area contributed by atoms with E-state index in [1.54, 1.807) is 37.4 Å². The van der Waals surface area contributed by atoms with Gasteiger partial charge >= 0.3 is 5.97 Å². The molecule has 3 aromatic rings. The van der Waals surface area contributed by atoms with Crippen molar-refractivity contribution in [1.29, 1.82) is 0 Å². The van der Waals surface area contributed by atoms with Crippen molar-refractivity contribution in [2.75, 3.05) is 14.2 Å². The number of fused-ring (bicyclic) bond motifs is 1. The Bertz CT molecular complexity index is 950. The van der Waals surface area contributed by atoms with Crippen LogP contribution in [0.2, 0.25) is 0 Å². The van der Waals surface area contributed by atoms with Crippen LogP contribution in [0.1, 0.15) is 11.1 Å². The first-order chi connectivity index (χ1) is 12.5. The summed E-state index contributed by atoms with van der Waals surface area (Å²) in [6.45, 7) is 0.175. The van der Waals surface area contributed by atoms with Crippen molar-refractivity contribution in [1.82, 2.24) is 0 Å². The standard InChI is InChI=1S/C19H16BFO5/c1-23-14-4-3-12(8-18(22)24-2)16(9-14)25-10-11-5-13-7-17(21)26-19(13)15(20)6-11/h3-7,9H,8,10H2,1-2H3. The van der Waals surface area contributed by atoms with Gasteiger partial charge in [-0.2, -0.15) is 4.39 Å². The second-order valence-corrected chi connectivity index (χ2v) is 5.67. The van der Waals surface area contributed by atoms with Crippen LogP contribution in [0, 0.1) is 6.01 Å². The molecular weight excluding hydrogens is 338 g/mol. The van der Waals surface area contributed by atoms with Crippen molar-refractivity contribution >= 4 is 30.2 Å². The number of hydrogen-bond donors (Lipinski definition) is 0. The summed E-state index contributed by atoms with van der Waals surface area (Å²) >= 11 is 0. The number of benzene rings is 2. The van der Waals surface area contributed by atoms with Gasteiger partial charge in [-0.25, -0.2) is 0 Å². The summed E-state index contributed by atoms with van der Waals surface area (Å²) in [5.74, 6) is 0.715. The molecule has 0 aliphatic heterocycles. The van der Waals surface area contributed by atoms with Crippen LogP contribution in [0.3, 0.4) is 0 Å². The Labute approximate surface area is 151 Å². The molecule has 1 aromatic heterocycles. The Hall–Kier alpha value is -2.96. The van der Waals surface area contributed by atoms with Gasteiger partial charge in [0, 0.05) is 23.1 Å². The summed E-state index contributed by atoms with van der Waals surface area (Å²) in [5.41, 5.74) is 2.04. The van der Waals surface area contributed by atoms with Gasteiger partial charge in [0.25, 0.3) is 6.01 Å². The summed E-state index contributed by atoms with van der Waals surface area (Å²) in [4.78, 5) is 11.6. The van der Waals surface area contributed by atoms with Crippen molar-refractivity contribution in [2.24, 2.45) is 0 Å². The van der Waals surface area contributed by atoms with Crippen molar-refractivity contribution in [2.45, 2.75) is 13.0 Å². The van der Waals surface area contributed by atoms with Crippen LogP contribution in [-0.4, -0.2) is 28.0 Å². The molecule has 0 N–H and O–H groups in total. The lowest BCUT2D eigenvalue weighted by molar-refractivity contribution is -0.139. The number of carbonyl (C=O) groups is 1. The lowest BCUT2D eigenvalue weighted by Gasteiger charge is -2.13. The maximum absolute atomic E-state index is 13.3. The van der Waals surface area contributed by atoms with E-state index < -0.39 is 6.01 Å². The molecule has 0 saturated heterocycles. The Morgan fingerprint density at radius 2 is 2.00 bits per heavy atom. The number of furan rings is 1. The third-order valence-corrected chi connectivity index (χ3v) is 3.91. The number of esters is 1. The molecule has 26 heavy (non-hydrogen) atoms. The highest BCUT2D eigenvalue weighted by Crippen LogP contribution is 2.27. The van der Waals surface area contributed by atoms with Gasteiger partial charge in [0.1, 0.15) is 31.5 Å². The molecule has 5 nitrogen and oxygen atoms in total. The smallest absolute Gasteiger partial charge is 0.310 e. The molecule has 2 radical (unpaired) electrons. The molecule has 0 amide bonds. The lowest BCUT2D eigenvalue weighted by atomic mass is 9.92. The van der Waals surface area contributed by atoms with Crippen molar-refractivity contribution in [3.05, 3.63) is 53.5 Å². The van der Waals surface area contributed by atoms with Gasteiger partial charge in [-0.15, -0.1) is 0 Å². The minimum atomic E-state index is -0.696. The minimum Gasteiger partial charge on any atom is -0.497 e. The highest BCUT2D eigenvalue weighted by molar-refractivity contribution is 6.38. The summed E-state index contributed by atoms with van der Waals surface area (Å²) in [6, 6.07) is 9.14. The molecule has 0 aliphatic carbocycles. The van der Waals surface area contributed by atoms with E-state index in [0.717, 1.165) is 5.56 Å². The first kappa shape index (κ1) is 17.9. The van der Waals surface area contributed by atoms with Gasteiger partial charge < -0.3 is 18.6 Å². The van der Waals surface area contributed by atoms with E-state index in [1.165, 1.54) is 13.2 Å². The monoisotopic (exact) mass is 354 g/mol. The lowest BCUT2D eigenvalue weighted by Crippen LogP contribution is -2.09. The minimum absolute atomic E-state index is 0.0734. The molecule has 0 spiro atoms. The van der Waals surface area contributed by atoms with E-state index in [2.05, 4.69) is 0 Å². The fourth-order valence-corrected chi connectivity index (χ4v) is 2.63. The van der Waals surface area contributed by atoms with Crippen LogP contribution >= 0.6 is 0 Å². The third kappa shape index (κ3) is 3.82. The van der Waals surface area contributed by atoms with Crippen LogP contribution < -0.4 is 14.9 Å². The van der Waals surface area contributed by atoms with E-state index >= 15 is 0 Å². The average Bonchev–Trinajstić information content (AvgIpc) is 3.01. The zero-order chi connectivity index (χ0) is 18.7. The van der Waals surface area contributed by atoms with Gasteiger partial charge in [-0.1, -0.05) is 17.6 Å². The SMILES string of the molecule is [B]c1cc(COc2cc(OC)ccc2CC(=O)OC)cc2cc(F)oc12. The van der Waals surface area contributed by atoms with Crippen molar-refractivity contribution in [3.8, 4) is 11.5 Å². The summed E-state index contributed by atoms with van der Waals surface area (Å²) in [5, 5.41) is 0.557. The second kappa shape index (κ2) is 7.51. The molecule has 0 bridgehead atoms. The van der Waals surface area contributed by atoms with Gasteiger partial charge in [-0.3, -0.25) is 4.79 Å². The van der Waals surface area contributed by atoms with Gasteiger partial charge in [0.2, 0.25) is 0 Å². The number of carbonyl (C=O) groups excluding carboxylic acids is 1. The average molecular weight is 354 g/mol. The van der Waals surface area contributed by atoms with E-state index in [4.69, 9.17) is 26.5 Å². The van der Waals surface area contributed by atoms with Crippen LogP contribution in [0.25, 0.3) is 11.0 Å². The number of hydrogen-bond acceptors (Lipinski definition) is 5. The molecule has 132 valence electrons. The number of rotatable bonds is 6. The summed E-state index contributed by atoms with van der Waals surface area (Å²) in [7, 11) is 8.77. The van der Waals surface area contributed by atoms with E-state index in [1.807, 2.05) is 0 Å². The van der Waals surface area contributed by atoms with Crippen molar-refractivity contribution in [3.63, 3.8) is 0 Å². The molecule has 0 fully saturated rings. The molecule has 0 unspecified atom stereocenters. The quantitative estimate of drug-likeness (QED) is 0.503. The summed E-state index contributed by atoms with van der Waals surface area (Å²) in [6.07, 6.45) is 0.0734. The largest absolute Gasteiger partial charge is 0.497 e. The van der Waals surface area contributed by atoms with Crippen molar-refractivity contribution < 1.29 is 27.8 Å². The Balaban J connectivity index is 1.85. The Morgan fingerprint density at radius 3 is 2.73 bits per heavy atom. The summed E-state index contributed by atoms with van der Waals surface area (Å²) < 4.78 is 33.9. The first-order valence-corrected chi connectivity index (χ1v) is 7.84. The maximum atomic E-state index is 13.3. The highest BCUT2D eigenvalue weighted by atomic mass is 19.1. The van der Waals surface area contributed by atoms with Crippen LogP contribution in [0.5, 0.6) is 11.5 Å². The molecule has 0 aliphatic rings. The number of halogens is 1. The maximum Gasteiger partial charge on any atom is 0.310 e. The molecule has 2 aromatic carbocycles. The normalized spacial score (nSPS) is 10.7. The molecule has 3 rings (SSSR count). The van der Waals surface area contributed by atoms with Crippen LogP contribution in [-0.2, 0) is 22.6 Å². The number of ether oxygens (including phenoxy) is 3. The van der Waals surface area contributed by atoms with Gasteiger partial charge in [0.05, 0.1) is 20.6 Å². The fourth-order valence-electron chi connectivity index (χ4n) is 2.63. The zero-order valence-electron chi connectivity index (χ0n) is 14.4. The van der Waals surface area contributed by atoms with Gasteiger partial charge in [0.15, 0.2) is 0 Å². The van der Waals surface area contributed by atoms with Gasteiger partial charge in [-0.05, 0) is 17.7 Å². The highest BCUT2D eigenvalue weighted by Gasteiger charge is 2.12. The first-order valence-electron chi connectivity index (χ1n) is 7.84. The Morgan fingerprint density at radius 1 is 1.19 bits per heavy atom. The van der Waals surface area contributed by atoms with E-state index in [-0.39, 0.29) is 19.0 Å². The molecule has 7 heteroatoms. The second-order valence-electron chi connectivity index (χ2n) is 5.67. The Kier molecular flexibility index (Phi) is 5.16. The molecule has 0 atom stereocenters. The molecular formula is C19H16BFO5. The zero-order valence-corrected chi connectivity index (χ0v) is 14.4. The van der Waals surface area contributed by atoms with Crippen LogP contribution in [0.4, 0.5) is 4.39 Å². The van der Waals surface area contributed by atoms with Crippen LogP contribution in [0.15, 0.2) is 40.8 Å². The van der Waals surface area contributed by atoms with E-state index in [0.29, 0.717) is 33.5 Å². The third-order valence-electron chi connectivity index (χ3n) is 3.91. The predicted octanol–water partition coefficient (Wildman–Crippen LogP) is 2.67. The van der Waals surface area contributed by atoms with E-state index in [9.17, 15) is 9.18 Å². The fraction of sp³-hybridized carbons (Fsp3) is 0.211. The number of methoxy groups -OCH3 is 2. The predicted molar refractivity (Wildman–Crippen MR) is 94.6 cm³/mol.